The van der Waals surface area contributed by atoms with Crippen LogP contribution in [0.5, 0.6) is 0 Å². The smallest absolute Gasteiger partial charge is 0.266 e. The second-order valence-corrected chi connectivity index (χ2v) is 6.93. The van der Waals surface area contributed by atoms with Crippen LogP contribution < -0.4 is 5.73 Å². The molecule has 1 aliphatic heterocycles. The van der Waals surface area contributed by atoms with E-state index < -0.39 is 10.0 Å². The molecule has 1 saturated heterocycles. The van der Waals surface area contributed by atoms with Gasteiger partial charge in [-0.05, 0) is 37.1 Å². The van der Waals surface area contributed by atoms with Crippen LogP contribution in [0.1, 0.15) is 18.9 Å². The molecule has 2 rings (SSSR count). The Morgan fingerprint density at radius 1 is 1.17 bits per heavy atom. The standard InChI is InChI=1S/C14H22N4O2S.2ClH/c1-2-9-17-10-11-18(14(17)16)21(19,20)13-5-3-12(4-6-13)7-8-15;;/h3-6,16H,2,7-11,15H2,1H3;2*1H. The summed E-state index contributed by atoms with van der Waals surface area (Å²) in [6.07, 6.45) is 1.62. The molecule has 0 saturated carbocycles. The summed E-state index contributed by atoms with van der Waals surface area (Å²) in [6.45, 7) is 4.18. The first-order valence-electron chi connectivity index (χ1n) is 7.16. The molecule has 132 valence electrons. The number of hydrogen-bond acceptors (Lipinski definition) is 4. The SMILES string of the molecule is CCCN1CCN(S(=O)(=O)c2ccc(CCN)cc2)C1=N.Cl.Cl. The van der Waals surface area contributed by atoms with Crippen molar-refractivity contribution in [2.45, 2.75) is 24.7 Å². The Hall–Kier alpha value is -1.02. The van der Waals surface area contributed by atoms with E-state index in [1.807, 2.05) is 6.92 Å². The first-order valence-corrected chi connectivity index (χ1v) is 8.60. The first-order chi connectivity index (χ1) is 10.0. The number of halogens is 2. The average Bonchev–Trinajstić information content (AvgIpc) is 2.82. The van der Waals surface area contributed by atoms with Crippen LogP contribution in [0, 0.1) is 5.41 Å². The van der Waals surface area contributed by atoms with Crippen LogP contribution in [-0.2, 0) is 16.4 Å². The van der Waals surface area contributed by atoms with Crippen LogP contribution >= 0.6 is 24.8 Å². The van der Waals surface area contributed by atoms with Gasteiger partial charge in [-0.15, -0.1) is 24.8 Å². The summed E-state index contributed by atoms with van der Waals surface area (Å²) >= 11 is 0. The molecule has 0 spiro atoms. The van der Waals surface area contributed by atoms with Crippen molar-refractivity contribution in [3.63, 3.8) is 0 Å². The second-order valence-electron chi connectivity index (χ2n) is 5.07. The molecule has 0 atom stereocenters. The van der Waals surface area contributed by atoms with E-state index in [0.717, 1.165) is 18.4 Å². The molecule has 0 aliphatic carbocycles. The van der Waals surface area contributed by atoms with Gasteiger partial charge in [0, 0.05) is 13.1 Å². The Balaban J connectivity index is 0.00000242. The van der Waals surface area contributed by atoms with Gasteiger partial charge in [0.2, 0.25) is 5.96 Å². The van der Waals surface area contributed by atoms with E-state index in [-0.39, 0.29) is 35.7 Å². The Kier molecular flexibility index (Phi) is 8.90. The molecular formula is C14H24Cl2N4O2S. The summed E-state index contributed by atoms with van der Waals surface area (Å²) in [6, 6.07) is 6.75. The number of sulfonamides is 1. The van der Waals surface area contributed by atoms with Crippen molar-refractivity contribution in [3.8, 4) is 0 Å². The van der Waals surface area contributed by atoms with Gasteiger partial charge in [-0.1, -0.05) is 19.1 Å². The fourth-order valence-corrected chi connectivity index (χ4v) is 3.82. The lowest BCUT2D eigenvalue weighted by Gasteiger charge is -2.21. The van der Waals surface area contributed by atoms with Gasteiger partial charge in [0.25, 0.3) is 10.0 Å². The van der Waals surface area contributed by atoms with Crippen LogP contribution in [0.25, 0.3) is 0 Å². The lowest BCUT2D eigenvalue weighted by Crippen LogP contribution is -2.37. The summed E-state index contributed by atoms with van der Waals surface area (Å²) in [5.74, 6) is 0.0721. The van der Waals surface area contributed by atoms with Gasteiger partial charge in [-0.25, -0.2) is 12.7 Å². The molecule has 1 heterocycles. The average molecular weight is 383 g/mol. The molecule has 0 unspecified atom stereocenters. The highest BCUT2D eigenvalue weighted by molar-refractivity contribution is 7.89. The zero-order valence-electron chi connectivity index (χ0n) is 13.1. The minimum Gasteiger partial charge on any atom is -0.340 e. The lowest BCUT2D eigenvalue weighted by atomic mass is 10.2. The molecule has 0 amide bonds. The van der Waals surface area contributed by atoms with Crippen LogP contribution in [0.4, 0.5) is 0 Å². The van der Waals surface area contributed by atoms with Crippen molar-refractivity contribution in [3.05, 3.63) is 29.8 Å². The maximum Gasteiger partial charge on any atom is 0.266 e. The highest BCUT2D eigenvalue weighted by Gasteiger charge is 2.34. The molecule has 9 heteroatoms. The third-order valence-corrected chi connectivity index (χ3v) is 5.35. The van der Waals surface area contributed by atoms with Gasteiger partial charge < -0.3 is 10.6 Å². The van der Waals surface area contributed by atoms with Gasteiger partial charge in [0.05, 0.1) is 11.4 Å². The highest BCUT2D eigenvalue weighted by atomic mass is 35.5. The molecule has 3 N–H and O–H groups in total. The Morgan fingerprint density at radius 3 is 2.30 bits per heavy atom. The molecule has 0 bridgehead atoms. The molecular weight excluding hydrogens is 359 g/mol. The normalized spacial score (nSPS) is 14.4. The fraction of sp³-hybridized carbons (Fsp3) is 0.500. The maximum atomic E-state index is 12.6. The van der Waals surface area contributed by atoms with E-state index in [0.29, 0.717) is 26.2 Å². The van der Waals surface area contributed by atoms with E-state index in [1.165, 1.54) is 4.31 Å². The van der Waals surface area contributed by atoms with E-state index in [9.17, 15) is 8.42 Å². The second kappa shape index (κ2) is 9.32. The topological polar surface area (TPSA) is 90.5 Å². The lowest BCUT2D eigenvalue weighted by molar-refractivity contribution is 0.458. The first kappa shape index (κ1) is 22.0. The van der Waals surface area contributed by atoms with Gasteiger partial charge in [0.1, 0.15) is 0 Å². The van der Waals surface area contributed by atoms with Crippen molar-refractivity contribution in [1.29, 1.82) is 5.41 Å². The van der Waals surface area contributed by atoms with Gasteiger partial charge in [0.15, 0.2) is 0 Å². The molecule has 0 radical (unpaired) electrons. The Morgan fingerprint density at radius 2 is 1.78 bits per heavy atom. The summed E-state index contributed by atoms with van der Waals surface area (Å²) in [4.78, 5) is 2.02. The van der Waals surface area contributed by atoms with Gasteiger partial charge in [-0.3, -0.25) is 5.41 Å². The monoisotopic (exact) mass is 382 g/mol. The van der Waals surface area contributed by atoms with Crippen LogP contribution in [0.3, 0.4) is 0 Å². The molecule has 23 heavy (non-hydrogen) atoms. The quantitative estimate of drug-likeness (QED) is 0.782. The number of nitrogens with two attached hydrogens (primary N) is 1. The minimum atomic E-state index is -3.63. The molecule has 6 nitrogen and oxygen atoms in total. The van der Waals surface area contributed by atoms with Crippen molar-refractivity contribution in [2.75, 3.05) is 26.2 Å². The zero-order chi connectivity index (χ0) is 15.5. The number of rotatable bonds is 6. The third kappa shape index (κ3) is 4.73. The fourth-order valence-electron chi connectivity index (χ4n) is 2.42. The Labute approximate surface area is 150 Å². The number of benzene rings is 1. The number of guanidine groups is 1. The predicted octanol–water partition coefficient (Wildman–Crippen LogP) is 1.68. The maximum absolute atomic E-state index is 12.6. The molecule has 1 aromatic carbocycles. The van der Waals surface area contributed by atoms with Gasteiger partial charge in [-0.2, -0.15) is 0 Å². The zero-order valence-corrected chi connectivity index (χ0v) is 15.5. The molecule has 1 aromatic rings. The number of nitrogens with one attached hydrogen (secondary N) is 1. The van der Waals surface area contributed by atoms with E-state index >= 15 is 0 Å². The van der Waals surface area contributed by atoms with E-state index in [4.69, 9.17) is 11.1 Å². The highest BCUT2D eigenvalue weighted by Crippen LogP contribution is 2.21. The molecule has 0 aromatic heterocycles. The van der Waals surface area contributed by atoms with E-state index in [2.05, 4.69) is 0 Å². The summed E-state index contributed by atoms with van der Waals surface area (Å²) < 4.78 is 26.4. The molecule has 1 aliphatic rings. The Bertz CT molecular complexity index is 608. The van der Waals surface area contributed by atoms with Crippen LogP contribution in [0.15, 0.2) is 29.2 Å². The third-order valence-electron chi connectivity index (χ3n) is 3.55. The van der Waals surface area contributed by atoms with Crippen molar-refractivity contribution in [2.24, 2.45) is 5.73 Å². The summed E-state index contributed by atoms with van der Waals surface area (Å²) in [5, 5.41) is 8.04. The van der Waals surface area contributed by atoms with Crippen LogP contribution in [0.2, 0.25) is 0 Å². The van der Waals surface area contributed by atoms with Crippen LogP contribution in [-0.4, -0.2) is 49.8 Å². The predicted molar refractivity (Wildman–Crippen MR) is 97.2 cm³/mol. The van der Waals surface area contributed by atoms with Crippen molar-refractivity contribution < 1.29 is 8.42 Å². The van der Waals surface area contributed by atoms with E-state index in [1.54, 1.807) is 29.2 Å². The summed E-state index contributed by atoms with van der Waals surface area (Å²) in [5.41, 5.74) is 6.50. The minimum absolute atomic E-state index is 0. The van der Waals surface area contributed by atoms with Gasteiger partial charge >= 0.3 is 0 Å². The summed E-state index contributed by atoms with van der Waals surface area (Å²) in [7, 11) is -3.63. The largest absolute Gasteiger partial charge is 0.340 e. The van der Waals surface area contributed by atoms with Crippen molar-refractivity contribution >= 4 is 40.8 Å². The number of hydrogen-bond donors (Lipinski definition) is 2. The molecule has 1 fully saturated rings. The van der Waals surface area contributed by atoms with Crippen molar-refractivity contribution in [1.82, 2.24) is 9.21 Å². The number of nitrogens with zero attached hydrogens (tertiary/aromatic N) is 2.